The van der Waals surface area contributed by atoms with Gasteiger partial charge >= 0.3 is 0 Å². The summed E-state index contributed by atoms with van der Waals surface area (Å²) in [5.41, 5.74) is 3.95. The smallest absolute Gasteiger partial charge is 0.0686 e. The lowest BCUT2D eigenvalue weighted by molar-refractivity contribution is 0.343. The summed E-state index contributed by atoms with van der Waals surface area (Å²) in [5.74, 6) is 0. The fourth-order valence-corrected chi connectivity index (χ4v) is 0.757. The zero-order valence-electron chi connectivity index (χ0n) is 6.20. The van der Waals surface area contributed by atoms with E-state index in [4.69, 9.17) is 5.11 Å². The van der Waals surface area contributed by atoms with Crippen molar-refractivity contribution in [3.8, 4) is 0 Å². The van der Waals surface area contributed by atoms with Crippen LogP contribution in [0.2, 0.25) is 0 Å². The van der Waals surface area contributed by atoms with Gasteiger partial charge in [-0.05, 0) is 17.7 Å². The van der Waals surface area contributed by atoms with Gasteiger partial charge in [0.2, 0.25) is 0 Å². The van der Waals surface area contributed by atoms with Crippen LogP contribution >= 0.6 is 0 Å². The van der Waals surface area contributed by atoms with E-state index in [1.54, 1.807) is 6.08 Å². The van der Waals surface area contributed by atoms with E-state index in [9.17, 15) is 0 Å². The molecule has 1 aromatic carbocycles. The summed E-state index contributed by atoms with van der Waals surface area (Å²) < 4.78 is 0. The van der Waals surface area contributed by atoms with E-state index < -0.39 is 0 Å². The average molecular weight is 146 g/mol. The quantitative estimate of drug-likeness (QED) is 0.631. The van der Waals surface area contributed by atoms with Crippen LogP contribution in [0, 0.1) is 0 Å². The molecule has 1 heteroatoms. The molecule has 0 atom stereocenters. The van der Waals surface area contributed by atoms with Gasteiger partial charge in [0.25, 0.3) is 0 Å². The molecule has 0 aliphatic carbocycles. The monoisotopic (exact) mass is 146 g/mol. The largest absolute Gasteiger partial charge is 0.392 e. The third kappa shape index (κ3) is 2.85. The van der Waals surface area contributed by atoms with Crippen LogP contribution in [0.25, 0.3) is 6.08 Å². The molecule has 0 unspecified atom stereocenters. The molecule has 56 valence electrons. The highest BCUT2D eigenvalue weighted by Crippen LogP contribution is 1.98. The Morgan fingerprint density at radius 3 is 2.64 bits per heavy atom. The Morgan fingerprint density at radius 2 is 2.00 bits per heavy atom. The molecule has 0 aliphatic rings. The molecule has 1 rings (SSSR count). The highest BCUT2D eigenvalue weighted by molar-refractivity contribution is 5.47. The molecule has 1 N–H and O–H groups in total. The summed E-state index contributed by atoms with van der Waals surface area (Å²) in [5, 5.41) is 8.41. The molecule has 1 nitrogen and oxygen atoms in total. The third-order valence-electron chi connectivity index (χ3n) is 1.26. The van der Waals surface area contributed by atoms with Crippen LogP contribution in [-0.2, 0) is 0 Å². The number of aliphatic hydroxyl groups is 1. The lowest BCUT2D eigenvalue weighted by Gasteiger charge is -1.85. The normalized spacial score (nSPS) is 8.45. The van der Waals surface area contributed by atoms with Gasteiger partial charge in [-0.1, -0.05) is 30.3 Å². The molecule has 0 amide bonds. The van der Waals surface area contributed by atoms with Crippen molar-refractivity contribution in [2.45, 2.75) is 0 Å². The first-order valence-electron chi connectivity index (χ1n) is 3.50. The lowest BCUT2D eigenvalue weighted by Crippen LogP contribution is -1.68. The molecule has 11 heavy (non-hydrogen) atoms. The van der Waals surface area contributed by atoms with Gasteiger partial charge in [-0.25, -0.2) is 0 Å². The van der Waals surface area contributed by atoms with Crippen LogP contribution in [0.15, 0.2) is 42.1 Å². The summed E-state index contributed by atoms with van der Waals surface area (Å²) in [4.78, 5) is 0. The van der Waals surface area contributed by atoms with E-state index in [2.05, 4.69) is 5.73 Å². The Balaban J connectivity index is 2.72. The Kier molecular flexibility index (Phi) is 3.20. The lowest BCUT2D eigenvalue weighted by atomic mass is 10.2. The first-order valence-corrected chi connectivity index (χ1v) is 3.50. The van der Waals surface area contributed by atoms with E-state index in [0.717, 1.165) is 5.56 Å². The maximum Gasteiger partial charge on any atom is 0.0686 e. The maximum atomic E-state index is 8.41. The Labute approximate surface area is 66.3 Å². The van der Waals surface area contributed by atoms with E-state index in [-0.39, 0.29) is 6.61 Å². The van der Waals surface area contributed by atoms with Crippen LogP contribution in [0.3, 0.4) is 0 Å². The zero-order chi connectivity index (χ0) is 7.94. The number of benzene rings is 1. The van der Waals surface area contributed by atoms with Crippen molar-refractivity contribution in [3.05, 3.63) is 47.7 Å². The molecule has 0 heterocycles. The predicted molar refractivity (Wildman–Crippen MR) is 46.1 cm³/mol. The van der Waals surface area contributed by atoms with Gasteiger partial charge in [-0.15, -0.1) is 5.73 Å². The average Bonchev–Trinajstić information content (AvgIpc) is 2.07. The van der Waals surface area contributed by atoms with Crippen molar-refractivity contribution in [1.29, 1.82) is 0 Å². The van der Waals surface area contributed by atoms with Crippen molar-refractivity contribution in [3.63, 3.8) is 0 Å². The van der Waals surface area contributed by atoms with Crippen molar-refractivity contribution in [2.24, 2.45) is 0 Å². The Bertz CT molecular complexity index is 255. The minimum atomic E-state index is 0.0450. The Hall–Kier alpha value is -1.30. The highest BCUT2D eigenvalue weighted by Gasteiger charge is 1.78. The van der Waals surface area contributed by atoms with Crippen LogP contribution < -0.4 is 0 Å². The number of hydrogen-bond donors (Lipinski definition) is 1. The number of rotatable bonds is 2. The first-order chi connectivity index (χ1) is 5.43. The molecule has 0 aromatic heterocycles. The first kappa shape index (κ1) is 7.80. The maximum absolute atomic E-state index is 8.41. The van der Waals surface area contributed by atoms with Crippen LogP contribution in [-0.4, -0.2) is 11.7 Å². The fraction of sp³-hybridized carbons (Fsp3) is 0.100. The molecular weight excluding hydrogens is 136 g/mol. The van der Waals surface area contributed by atoms with Crippen molar-refractivity contribution in [1.82, 2.24) is 0 Å². The highest BCUT2D eigenvalue weighted by atomic mass is 16.2. The molecule has 0 fully saturated rings. The van der Waals surface area contributed by atoms with Crippen molar-refractivity contribution < 1.29 is 5.11 Å². The van der Waals surface area contributed by atoms with Gasteiger partial charge in [0.15, 0.2) is 0 Å². The second-order valence-electron chi connectivity index (χ2n) is 2.11. The summed E-state index contributed by atoms with van der Waals surface area (Å²) in [6, 6.07) is 9.86. The molecule has 1 aromatic rings. The number of aliphatic hydroxyl groups excluding tert-OH is 1. The summed E-state index contributed by atoms with van der Waals surface area (Å²) >= 11 is 0. The number of hydrogen-bond acceptors (Lipinski definition) is 1. The summed E-state index contributed by atoms with van der Waals surface area (Å²) in [7, 11) is 0. The second kappa shape index (κ2) is 4.51. The van der Waals surface area contributed by atoms with Gasteiger partial charge < -0.3 is 5.11 Å². The van der Waals surface area contributed by atoms with Gasteiger partial charge in [0.05, 0.1) is 6.61 Å². The van der Waals surface area contributed by atoms with Gasteiger partial charge in [0.1, 0.15) is 0 Å². The van der Waals surface area contributed by atoms with Crippen molar-refractivity contribution in [2.75, 3.05) is 6.61 Å². The predicted octanol–water partition coefficient (Wildman–Crippen LogP) is 1.85. The SMILES string of the molecule is OCC=C=Cc1ccccc1. The Morgan fingerprint density at radius 1 is 1.27 bits per heavy atom. The molecule has 0 aliphatic heterocycles. The van der Waals surface area contributed by atoms with Crippen LogP contribution in [0.5, 0.6) is 0 Å². The third-order valence-corrected chi connectivity index (χ3v) is 1.26. The molecule has 0 bridgehead atoms. The second-order valence-corrected chi connectivity index (χ2v) is 2.11. The van der Waals surface area contributed by atoms with E-state index >= 15 is 0 Å². The fourth-order valence-electron chi connectivity index (χ4n) is 0.757. The van der Waals surface area contributed by atoms with Crippen LogP contribution in [0.4, 0.5) is 0 Å². The molecule has 0 saturated heterocycles. The summed E-state index contributed by atoms with van der Waals surface area (Å²) in [6.45, 7) is 0.0450. The standard InChI is InChI=1S/C10H10O/c11-9-5-4-8-10-6-2-1-3-7-10/h1-3,5-8,11H,9H2. The minimum Gasteiger partial charge on any atom is -0.392 e. The molecule has 0 radical (unpaired) electrons. The zero-order valence-corrected chi connectivity index (χ0v) is 6.20. The molecular formula is C10H10O. The summed E-state index contributed by atoms with van der Waals surface area (Å²) in [6.07, 6.45) is 3.41. The minimum absolute atomic E-state index is 0.0450. The van der Waals surface area contributed by atoms with E-state index in [0.29, 0.717) is 0 Å². The van der Waals surface area contributed by atoms with Gasteiger partial charge in [0, 0.05) is 0 Å². The molecule has 0 spiro atoms. The van der Waals surface area contributed by atoms with Crippen molar-refractivity contribution >= 4 is 6.08 Å². The topological polar surface area (TPSA) is 20.2 Å². The molecule has 0 saturated carbocycles. The van der Waals surface area contributed by atoms with E-state index in [1.165, 1.54) is 0 Å². The van der Waals surface area contributed by atoms with E-state index in [1.807, 2.05) is 36.4 Å². The van der Waals surface area contributed by atoms with Crippen LogP contribution in [0.1, 0.15) is 5.56 Å². The van der Waals surface area contributed by atoms with Gasteiger partial charge in [-0.2, -0.15) is 0 Å². The van der Waals surface area contributed by atoms with Gasteiger partial charge in [-0.3, -0.25) is 0 Å².